The van der Waals surface area contributed by atoms with Gasteiger partial charge in [0.05, 0.1) is 11.6 Å². The molecule has 1 heterocycles. The fourth-order valence-electron chi connectivity index (χ4n) is 2.30. The number of benzene rings is 2. The highest BCUT2D eigenvalue weighted by Crippen LogP contribution is 2.29. The molecule has 128 valence electrons. The molecule has 3 aromatic rings. The number of carbonyl (C=O) groups is 1. The van der Waals surface area contributed by atoms with Crippen LogP contribution >= 0.6 is 22.9 Å². The average Bonchev–Trinajstić information content (AvgIpc) is 2.95. The molecule has 1 amide bonds. The molecule has 0 saturated carbocycles. The van der Waals surface area contributed by atoms with Crippen molar-refractivity contribution in [3.8, 4) is 0 Å². The Morgan fingerprint density at radius 1 is 1.20 bits per heavy atom. The minimum Gasteiger partial charge on any atom is -0.392 e. The number of rotatable bonds is 5. The predicted molar refractivity (Wildman–Crippen MR) is 102 cm³/mol. The molecule has 3 rings (SSSR count). The van der Waals surface area contributed by atoms with Gasteiger partial charge in [0.1, 0.15) is 5.00 Å². The standard InChI is InChI=1S/C18H16ClN3O2S/c1-11-20-16(17(24)21-15-7-3-5-13(19)9-15)18(25-11)22-14-6-2-4-12(8-14)10-23/h2-9,22-23H,10H2,1H3,(H,21,24). The molecule has 0 fully saturated rings. The van der Waals surface area contributed by atoms with Gasteiger partial charge in [0.25, 0.3) is 5.91 Å². The number of aryl methyl sites for hydroxylation is 1. The summed E-state index contributed by atoms with van der Waals surface area (Å²) in [6.07, 6.45) is 0. The normalized spacial score (nSPS) is 10.5. The lowest BCUT2D eigenvalue weighted by Crippen LogP contribution is -2.14. The number of hydrogen-bond acceptors (Lipinski definition) is 5. The summed E-state index contributed by atoms with van der Waals surface area (Å²) in [5, 5.41) is 17.2. The number of halogens is 1. The summed E-state index contributed by atoms with van der Waals surface area (Å²) >= 11 is 7.34. The van der Waals surface area contributed by atoms with Crippen molar-refractivity contribution >= 4 is 45.2 Å². The van der Waals surface area contributed by atoms with Gasteiger partial charge in [0.15, 0.2) is 5.69 Å². The minimum absolute atomic E-state index is 0.0423. The van der Waals surface area contributed by atoms with E-state index >= 15 is 0 Å². The lowest BCUT2D eigenvalue weighted by atomic mass is 10.2. The van der Waals surface area contributed by atoms with Gasteiger partial charge in [-0.15, -0.1) is 11.3 Å². The van der Waals surface area contributed by atoms with Crippen LogP contribution in [0.5, 0.6) is 0 Å². The summed E-state index contributed by atoms with van der Waals surface area (Å²) in [4.78, 5) is 16.9. The van der Waals surface area contributed by atoms with E-state index in [9.17, 15) is 9.90 Å². The lowest BCUT2D eigenvalue weighted by molar-refractivity contribution is 0.102. The van der Waals surface area contributed by atoms with Crippen molar-refractivity contribution in [2.75, 3.05) is 10.6 Å². The van der Waals surface area contributed by atoms with Crippen LogP contribution in [0.25, 0.3) is 0 Å². The number of nitrogens with zero attached hydrogens (tertiary/aromatic N) is 1. The highest BCUT2D eigenvalue weighted by atomic mass is 35.5. The van der Waals surface area contributed by atoms with Gasteiger partial charge in [0, 0.05) is 16.4 Å². The summed E-state index contributed by atoms with van der Waals surface area (Å²) in [5.74, 6) is -0.313. The Labute approximate surface area is 154 Å². The third-order valence-electron chi connectivity index (χ3n) is 3.40. The minimum atomic E-state index is -0.313. The van der Waals surface area contributed by atoms with Crippen molar-refractivity contribution in [1.29, 1.82) is 0 Å². The Balaban J connectivity index is 1.83. The highest BCUT2D eigenvalue weighted by Gasteiger charge is 2.17. The molecule has 7 heteroatoms. The SMILES string of the molecule is Cc1nc(C(=O)Nc2cccc(Cl)c2)c(Nc2cccc(CO)c2)s1. The van der Waals surface area contributed by atoms with E-state index in [1.165, 1.54) is 11.3 Å². The van der Waals surface area contributed by atoms with E-state index in [1.807, 2.05) is 31.2 Å². The van der Waals surface area contributed by atoms with Crippen LogP contribution in [0.1, 0.15) is 21.1 Å². The zero-order valence-corrected chi connectivity index (χ0v) is 15.0. The second-order valence-corrected chi connectivity index (χ2v) is 7.00. The van der Waals surface area contributed by atoms with Gasteiger partial charge in [-0.1, -0.05) is 29.8 Å². The van der Waals surface area contributed by atoms with Crippen LogP contribution < -0.4 is 10.6 Å². The molecule has 25 heavy (non-hydrogen) atoms. The topological polar surface area (TPSA) is 74.2 Å². The Morgan fingerprint density at radius 2 is 1.96 bits per heavy atom. The number of aromatic nitrogens is 1. The van der Waals surface area contributed by atoms with Crippen LogP contribution in [0.3, 0.4) is 0 Å². The summed E-state index contributed by atoms with van der Waals surface area (Å²) < 4.78 is 0. The molecule has 2 aromatic carbocycles. The first kappa shape index (κ1) is 17.4. The van der Waals surface area contributed by atoms with Gasteiger partial charge in [-0.3, -0.25) is 4.79 Å². The number of thiazole rings is 1. The number of nitrogens with one attached hydrogen (secondary N) is 2. The first-order chi connectivity index (χ1) is 12.0. The predicted octanol–water partition coefficient (Wildman–Crippen LogP) is 4.59. The number of carbonyl (C=O) groups excluding carboxylic acids is 1. The van der Waals surface area contributed by atoms with Crippen molar-refractivity contribution in [3.63, 3.8) is 0 Å². The molecule has 0 spiro atoms. The van der Waals surface area contributed by atoms with Crippen LogP contribution in [0, 0.1) is 6.92 Å². The third-order valence-corrected chi connectivity index (χ3v) is 4.52. The molecule has 5 nitrogen and oxygen atoms in total. The molecule has 0 radical (unpaired) electrons. The Kier molecular flexibility index (Phi) is 5.33. The maximum Gasteiger partial charge on any atom is 0.277 e. The zero-order chi connectivity index (χ0) is 17.8. The maximum atomic E-state index is 12.6. The van der Waals surface area contributed by atoms with E-state index in [4.69, 9.17) is 11.6 Å². The first-order valence-electron chi connectivity index (χ1n) is 7.56. The molecular weight excluding hydrogens is 358 g/mol. The van der Waals surface area contributed by atoms with E-state index in [-0.39, 0.29) is 12.5 Å². The summed E-state index contributed by atoms with van der Waals surface area (Å²) in [6.45, 7) is 1.80. The molecular formula is C18H16ClN3O2S. The van der Waals surface area contributed by atoms with Crippen LogP contribution in [0.2, 0.25) is 5.02 Å². The van der Waals surface area contributed by atoms with Crippen molar-refractivity contribution in [3.05, 3.63) is 69.8 Å². The molecule has 0 aliphatic rings. The van der Waals surface area contributed by atoms with Crippen LogP contribution in [0.4, 0.5) is 16.4 Å². The molecule has 0 aliphatic carbocycles. The quantitative estimate of drug-likeness (QED) is 0.611. The molecule has 0 aliphatic heterocycles. The molecule has 0 bridgehead atoms. The van der Waals surface area contributed by atoms with E-state index < -0.39 is 0 Å². The zero-order valence-electron chi connectivity index (χ0n) is 13.4. The van der Waals surface area contributed by atoms with Crippen molar-refractivity contribution in [2.24, 2.45) is 0 Å². The van der Waals surface area contributed by atoms with Crippen LogP contribution in [-0.4, -0.2) is 16.0 Å². The van der Waals surface area contributed by atoms with Gasteiger partial charge in [-0.05, 0) is 42.8 Å². The largest absolute Gasteiger partial charge is 0.392 e. The second-order valence-electron chi connectivity index (χ2n) is 5.36. The molecule has 3 N–H and O–H groups in total. The van der Waals surface area contributed by atoms with Crippen molar-refractivity contribution in [1.82, 2.24) is 4.98 Å². The smallest absolute Gasteiger partial charge is 0.277 e. The summed E-state index contributed by atoms with van der Waals surface area (Å²) in [7, 11) is 0. The fourth-order valence-corrected chi connectivity index (χ4v) is 3.33. The fraction of sp³-hybridized carbons (Fsp3) is 0.111. The Hall–Kier alpha value is -2.41. The molecule has 1 aromatic heterocycles. The first-order valence-corrected chi connectivity index (χ1v) is 8.76. The monoisotopic (exact) mass is 373 g/mol. The average molecular weight is 374 g/mol. The number of aliphatic hydroxyl groups excluding tert-OH is 1. The van der Waals surface area contributed by atoms with Crippen LogP contribution in [0.15, 0.2) is 48.5 Å². The van der Waals surface area contributed by atoms with E-state index in [1.54, 1.807) is 24.3 Å². The van der Waals surface area contributed by atoms with E-state index in [2.05, 4.69) is 15.6 Å². The summed E-state index contributed by atoms with van der Waals surface area (Å²) in [6, 6.07) is 14.3. The van der Waals surface area contributed by atoms with Gasteiger partial charge >= 0.3 is 0 Å². The van der Waals surface area contributed by atoms with E-state index in [0.29, 0.717) is 21.4 Å². The number of hydrogen-bond donors (Lipinski definition) is 3. The second kappa shape index (κ2) is 7.65. The Morgan fingerprint density at radius 3 is 2.72 bits per heavy atom. The van der Waals surface area contributed by atoms with E-state index in [0.717, 1.165) is 16.3 Å². The molecule has 0 saturated heterocycles. The molecule has 0 atom stereocenters. The summed E-state index contributed by atoms with van der Waals surface area (Å²) in [5.41, 5.74) is 2.50. The number of anilines is 3. The highest BCUT2D eigenvalue weighted by molar-refractivity contribution is 7.16. The maximum absolute atomic E-state index is 12.6. The van der Waals surface area contributed by atoms with Gasteiger partial charge in [-0.25, -0.2) is 4.98 Å². The third kappa shape index (κ3) is 4.36. The van der Waals surface area contributed by atoms with Gasteiger partial charge in [-0.2, -0.15) is 0 Å². The van der Waals surface area contributed by atoms with Crippen molar-refractivity contribution in [2.45, 2.75) is 13.5 Å². The number of amides is 1. The van der Waals surface area contributed by atoms with Crippen LogP contribution in [-0.2, 0) is 6.61 Å². The lowest BCUT2D eigenvalue weighted by Gasteiger charge is -2.08. The van der Waals surface area contributed by atoms with Gasteiger partial charge in [0.2, 0.25) is 0 Å². The van der Waals surface area contributed by atoms with Gasteiger partial charge < -0.3 is 15.7 Å². The Bertz CT molecular complexity index is 911. The number of aliphatic hydroxyl groups is 1. The van der Waals surface area contributed by atoms with Crippen molar-refractivity contribution < 1.29 is 9.90 Å². The molecule has 0 unspecified atom stereocenters.